The fourth-order valence-electron chi connectivity index (χ4n) is 4.57. The van der Waals surface area contributed by atoms with Crippen LogP contribution in [0.5, 0.6) is 0 Å². The summed E-state index contributed by atoms with van der Waals surface area (Å²) >= 11 is 1.41. The molecule has 1 saturated heterocycles. The monoisotopic (exact) mass is 664 g/mol. The van der Waals surface area contributed by atoms with Gasteiger partial charge in [-0.05, 0) is 48.0 Å². The summed E-state index contributed by atoms with van der Waals surface area (Å²) in [4.78, 5) is 27.0. The van der Waals surface area contributed by atoms with E-state index in [1.165, 1.54) is 17.8 Å². The van der Waals surface area contributed by atoms with E-state index in [9.17, 15) is 9.59 Å². The van der Waals surface area contributed by atoms with Crippen molar-refractivity contribution >= 4 is 32.2 Å². The highest BCUT2D eigenvalue weighted by Gasteiger charge is 2.53. The highest BCUT2D eigenvalue weighted by atomic mass is 32.2. The number of esters is 1. The Morgan fingerprint density at radius 2 is 1.48 bits per heavy atom. The smallest absolute Gasteiger partial charge is 0.452 e. The van der Waals surface area contributed by atoms with Crippen LogP contribution in [0, 0.1) is 0 Å². The van der Waals surface area contributed by atoms with Crippen LogP contribution in [0.2, 0.25) is 18.1 Å². The van der Waals surface area contributed by atoms with Crippen LogP contribution in [-0.4, -0.2) is 63.5 Å². The van der Waals surface area contributed by atoms with Gasteiger partial charge in [0.15, 0.2) is 14.4 Å². The molecule has 246 valence electrons. The Labute approximate surface area is 277 Å². The van der Waals surface area contributed by atoms with Crippen molar-refractivity contribution in [3.63, 3.8) is 0 Å². The first-order valence-electron chi connectivity index (χ1n) is 15.4. The molecule has 1 fully saturated rings. The quantitative estimate of drug-likeness (QED) is 0.102. The van der Waals surface area contributed by atoms with Gasteiger partial charge >= 0.3 is 12.1 Å². The van der Waals surface area contributed by atoms with Gasteiger partial charge in [-0.3, -0.25) is 0 Å². The first kappa shape index (κ1) is 35.4. The molecule has 0 radical (unpaired) electrons. The normalized spacial score (nSPS) is 21.6. The third kappa shape index (κ3) is 9.79. The zero-order valence-electron chi connectivity index (χ0n) is 27.1. The fraction of sp³-hybridized carbons (Fsp3) is 0.389. The molecular formula is C36H44O8SSi. The molecule has 0 spiro atoms. The van der Waals surface area contributed by atoms with E-state index < -0.39 is 50.3 Å². The molecule has 0 N–H and O–H groups in total. The second-order valence-corrected chi connectivity index (χ2v) is 18.4. The third-order valence-corrected chi connectivity index (χ3v) is 13.7. The van der Waals surface area contributed by atoms with Gasteiger partial charge in [0.25, 0.3) is 0 Å². The van der Waals surface area contributed by atoms with Gasteiger partial charge in [0.1, 0.15) is 37.0 Å². The molecule has 46 heavy (non-hydrogen) atoms. The lowest BCUT2D eigenvalue weighted by Crippen LogP contribution is -2.63. The predicted molar refractivity (Wildman–Crippen MR) is 181 cm³/mol. The zero-order chi connectivity index (χ0) is 33.2. The second kappa shape index (κ2) is 16.4. The van der Waals surface area contributed by atoms with Gasteiger partial charge < -0.3 is 28.1 Å². The van der Waals surface area contributed by atoms with Crippen LogP contribution < -0.4 is 0 Å². The number of hydrogen-bond donors (Lipinski definition) is 0. The van der Waals surface area contributed by atoms with E-state index in [0.29, 0.717) is 5.56 Å². The topological polar surface area (TPSA) is 89.5 Å². The Kier molecular flexibility index (Phi) is 12.7. The lowest BCUT2D eigenvalue weighted by Gasteiger charge is -2.49. The number of hydrogen-bond acceptors (Lipinski definition) is 9. The molecule has 0 unspecified atom stereocenters. The molecule has 4 rings (SSSR count). The third-order valence-electron chi connectivity index (χ3n) is 8.05. The number of ether oxygens (including phenoxy) is 5. The predicted octanol–water partition coefficient (Wildman–Crippen LogP) is 8.04. The van der Waals surface area contributed by atoms with Gasteiger partial charge in [-0.2, -0.15) is 0 Å². The molecule has 8 nitrogen and oxygen atoms in total. The van der Waals surface area contributed by atoms with Gasteiger partial charge in [-0.25, -0.2) is 9.59 Å². The van der Waals surface area contributed by atoms with Crippen LogP contribution in [0.4, 0.5) is 4.79 Å². The van der Waals surface area contributed by atoms with Gasteiger partial charge in [0, 0.05) is 4.90 Å². The summed E-state index contributed by atoms with van der Waals surface area (Å²) in [6, 6.07) is 28.3. The molecule has 0 amide bonds. The summed E-state index contributed by atoms with van der Waals surface area (Å²) in [6.07, 6.45) is -2.57. The van der Waals surface area contributed by atoms with Crippen molar-refractivity contribution in [2.75, 3.05) is 13.2 Å². The van der Waals surface area contributed by atoms with Crippen molar-refractivity contribution in [3.8, 4) is 0 Å². The molecule has 3 aromatic rings. The molecule has 0 aliphatic carbocycles. The molecule has 1 heterocycles. The summed E-state index contributed by atoms with van der Waals surface area (Å²) in [5, 5.41) is -0.175. The molecule has 0 saturated carbocycles. The number of rotatable bonds is 13. The van der Waals surface area contributed by atoms with Crippen LogP contribution in [0.3, 0.4) is 0 Å². The first-order valence-corrected chi connectivity index (χ1v) is 19.1. The Morgan fingerprint density at radius 3 is 2.09 bits per heavy atom. The van der Waals surface area contributed by atoms with Gasteiger partial charge in [0.05, 0.1) is 12.2 Å². The number of thioether (sulfide) groups is 1. The maximum absolute atomic E-state index is 13.6. The summed E-state index contributed by atoms with van der Waals surface area (Å²) in [6.45, 7) is 14.4. The Morgan fingerprint density at radius 1 is 0.870 bits per heavy atom. The van der Waals surface area contributed by atoms with Gasteiger partial charge in [-0.15, -0.1) is 0 Å². The Balaban J connectivity index is 1.77. The lowest BCUT2D eigenvalue weighted by atomic mass is 9.99. The van der Waals surface area contributed by atoms with E-state index in [0.717, 1.165) is 10.5 Å². The van der Waals surface area contributed by atoms with E-state index >= 15 is 0 Å². The van der Waals surface area contributed by atoms with Gasteiger partial charge in [-0.1, -0.05) is 112 Å². The first-order chi connectivity index (χ1) is 22.0. The highest BCUT2D eigenvalue weighted by Crippen LogP contribution is 2.43. The van der Waals surface area contributed by atoms with Crippen LogP contribution in [0.1, 0.15) is 36.7 Å². The van der Waals surface area contributed by atoms with E-state index in [4.69, 9.17) is 28.1 Å². The SMILES string of the molecule is C=CCOC(=O)OC[C@H]1O[C@@H](Sc2ccccc2)[C@H](OC(=O)c2ccccc2)[C@@H](O[Si](C)(C)C(C)(C)C)[C@@H]1OCc1ccccc1. The Bertz CT molecular complexity index is 1400. The molecule has 0 bridgehead atoms. The molecule has 3 aromatic carbocycles. The number of carbonyl (C=O) groups is 2. The molecule has 1 aliphatic rings. The highest BCUT2D eigenvalue weighted by molar-refractivity contribution is 7.99. The maximum Gasteiger partial charge on any atom is 0.508 e. The summed E-state index contributed by atoms with van der Waals surface area (Å²) in [7, 11) is -2.51. The van der Waals surface area contributed by atoms with Crippen molar-refractivity contribution in [2.45, 2.75) is 80.3 Å². The summed E-state index contributed by atoms with van der Waals surface area (Å²) < 4.78 is 37.3. The molecule has 10 heteroatoms. The standard InChI is InChI=1S/C36H44O8SSi/c1-7-23-39-35(38)41-25-29-30(40-24-26-17-11-8-12-18-26)31(44-46(5,6)36(2,3)4)32(43-33(37)27-19-13-9-14-20-27)34(42-29)45-28-21-15-10-16-22-28/h7-22,29-32,34H,1,23-25H2,2-6H3/t29-,30-,31+,32-,34+/m1/s1. The average Bonchev–Trinajstić information content (AvgIpc) is 3.04. The van der Waals surface area contributed by atoms with Crippen LogP contribution in [-0.2, 0) is 34.7 Å². The lowest BCUT2D eigenvalue weighted by molar-refractivity contribution is -0.220. The van der Waals surface area contributed by atoms with Crippen molar-refractivity contribution in [1.29, 1.82) is 0 Å². The second-order valence-electron chi connectivity index (χ2n) is 12.5. The van der Waals surface area contributed by atoms with E-state index in [-0.39, 0.29) is 24.9 Å². The number of carbonyl (C=O) groups excluding carboxylic acids is 2. The fourth-order valence-corrected chi connectivity index (χ4v) is 7.00. The van der Waals surface area contributed by atoms with E-state index in [1.54, 1.807) is 24.3 Å². The number of benzene rings is 3. The summed E-state index contributed by atoms with van der Waals surface area (Å²) in [5.41, 5.74) is 0.630. The van der Waals surface area contributed by atoms with Crippen LogP contribution in [0.15, 0.2) is 109 Å². The molecular weight excluding hydrogens is 621 g/mol. The minimum absolute atomic E-state index is 0.0133. The van der Waals surface area contributed by atoms with Crippen LogP contribution in [0.25, 0.3) is 0 Å². The average molecular weight is 665 g/mol. The van der Waals surface area contributed by atoms with E-state index in [2.05, 4.69) is 40.4 Å². The Hall–Kier alpha value is -3.41. The molecule has 0 aromatic heterocycles. The van der Waals surface area contributed by atoms with Crippen molar-refractivity contribution in [3.05, 3.63) is 115 Å². The van der Waals surface area contributed by atoms with Gasteiger partial charge in [0.2, 0.25) is 0 Å². The minimum Gasteiger partial charge on any atom is -0.452 e. The minimum atomic E-state index is -2.51. The van der Waals surface area contributed by atoms with Crippen molar-refractivity contribution in [2.24, 2.45) is 0 Å². The molecule has 1 aliphatic heterocycles. The molecule has 5 atom stereocenters. The van der Waals surface area contributed by atoms with E-state index in [1.807, 2.05) is 66.7 Å². The van der Waals surface area contributed by atoms with Crippen molar-refractivity contribution in [1.82, 2.24) is 0 Å². The maximum atomic E-state index is 13.6. The summed E-state index contributed by atoms with van der Waals surface area (Å²) in [5.74, 6) is -0.499. The van der Waals surface area contributed by atoms with Crippen molar-refractivity contribution < 1.29 is 37.7 Å². The zero-order valence-corrected chi connectivity index (χ0v) is 28.9. The van der Waals surface area contributed by atoms with Crippen LogP contribution >= 0.6 is 11.8 Å². The largest absolute Gasteiger partial charge is 0.508 e.